The van der Waals surface area contributed by atoms with E-state index in [2.05, 4.69) is 13.8 Å². The van der Waals surface area contributed by atoms with E-state index in [4.69, 9.17) is 4.74 Å². The van der Waals surface area contributed by atoms with E-state index >= 15 is 0 Å². The highest BCUT2D eigenvalue weighted by Crippen LogP contribution is 2.60. The molecule has 5 nitrogen and oxygen atoms in total. The summed E-state index contributed by atoms with van der Waals surface area (Å²) in [6, 6.07) is 0. The van der Waals surface area contributed by atoms with E-state index in [-0.39, 0.29) is 16.9 Å². The maximum Gasteiger partial charge on any atom is 0.303 e. The molecule has 0 radical (unpaired) electrons. The molecule has 0 aliphatic heterocycles. The molecule has 0 bridgehead atoms. The third-order valence-electron chi connectivity index (χ3n) is 5.63. The van der Waals surface area contributed by atoms with Crippen LogP contribution in [0.5, 0.6) is 0 Å². The van der Waals surface area contributed by atoms with E-state index in [1.54, 1.807) is 0 Å². The summed E-state index contributed by atoms with van der Waals surface area (Å²) in [6.45, 7) is 7.25. The molecule has 1 fully saturated rings. The highest BCUT2D eigenvalue weighted by molar-refractivity contribution is 5.88. The van der Waals surface area contributed by atoms with Gasteiger partial charge in [-0.2, -0.15) is 0 Å². The largest absolute Gasteiger partial charge is 0.458 e. The van der Waals surface area contributed by atoms with Crippen molar-refractivity contribution in [3.05, 3.63) is 11.6 Å². The SMILES string of the molecule is CC(=O)O[C@@H]1C=C(C=O)[C@@](O)(C=O)[C@@]2(C)CCCC(C)(C)[C@H]12. The molecule has 122 valence electrons. The molecule has 5 heteroatoms. The van der Waals surface area contributed by atoms with Gasteiger partial charge < -0.3 is 9.84 Å². The van der Waals surface area contributed by atoms with Crippen LogP contribution in [0.4, 0.5) is 0 Å². The highest BCUT2D eigenvalue weighted by Gasteiger charge is 2.64. The first-order chi connectivity index (χ1) is 10.1. The molecule has 1 saturated carbocycles. The number of aliphatic hydroxyl groups is 1. The van der Waals surface area contributed by atoms with Crippen LogP contribution in [-0.2, 0) is 19.1 Å². The maximum atomic E-state index is 11.7. The topological polar surface area (TPSA) is 80.7 Å². The van der Waals surface area contributed by atoms with Gasteiger partial charge in [-0.05, 0) is 24.3 Å². The second kappa shape index (κ2) is 5.30. The summed E-state index contributed by atoms with van der Waals surface area (Å²) in [5.41, 5.74) is -2.92. The van der Waals surface area contributed by atoms with E-state index in [0.29, 0.717) is 19.0 Å². The van der Waals surface area contributed by atoms with Crippen LogP contribution < -0.4 is 0 Å². The predicted molar refractivity (Wildman–Crippen MR) is 79.9 cm³/mol. The summed E-state index contributed by atoms with van der Waals surface area (Å²) in [6.07, 6.45) is 4.14. The standard InChI is InChI=1S/C17H24O5/c1-11(20)22-13-8-12(9-18)17(21,10-19)16(4)7-5-6-15(2,3)14(13)16/h8-10,13-14,21H,5-7H2,1-4H3/t13-,14+,16+,17+/m1/s1. The van der Waals surface area contributed by atoms with Crippen LogP contribution in [0.2, 0.25) is 0 Å². The van der Waals surface area contributed by atoms with Crippen molar-refractivity contribution in [3.63, 3.8) is 0 Å². The van der Waals surface area contributed by atoms with Gasteiger partial charge in [0.2, 0.25) is 0 Å². The molecule has 2 rings (SSSR count). The van der Waals surface area contributed by atoms with Crippen LogP contribution in [-0.4, -0.2) is 35.4 Å². The van der Waals surface area contributed by atoms with E-state index in [1.807, 2.05) is 6.92 Å². The van der Waals surface area contributed by atoms with Crippen LogP contribution >= 0.6 is 0 Å². The van der Waals surface area contributed by atoms with Gasteiger partial charge in [-0.15, -0.1) is 0 Å². The third kappa shape index (κ3) is 2.22. The summed E-state index contributed by atoms with van der Waals surface area (Å²) < 4.78 is 5.43. The molecule has 0 saturated heterocycles. The van der Waals surface area contributed by atoms with E-state index in [0.717, 1.165) is 12.8 Å². The van der Waals surface area contributed by atoms with Crippen molar-refractivity contribution in [3.8, 4) is 0 Å². The first-order valence-electron chi connectivity index (χ1n) is 7.66. The Hall–Kier alpha value is -1.49. The molecule has 0 spiro atoms. The predicted octanol–water partition coefficient (Wildman–Crippen LogP) is 1.82. The molecular formula is C17H24O5. The highest BCUT2D eigenvalue weighted by atomic mass is 16.5. The Morgan fingerprint density at radius 3 is 2.45 bits per heavy atom. The molecule has 0 amide bonds. The zero-order chi connectivity index (χ0) is 16.8. The Bertz CT molecular complexity index is 535. The van der Waals surface area contributed by atoms with Crippen LogP contribution in [0.1, 0.15) is 47.0 Å². The molecule has 2 aliphatic carbocycles. The van der Waals surface area contributed by atoms with Gasteiger partial charge in [-0.25, -0.2) is 0 Å². The molecule has 0 heterocycles. The zero-order valence-electron chi connectivity index (χ0n) is 13.6. The number of hydrogen-bond acceptors (Lipinski definition) is 5. The molecule has 0 aromatic rings. The number of hydrogen-bond donors (Lipinski definition) is 1. The number of ether oxygens (including phenoxy) is 1. The van der Waals surface area contributed by atoms with Crippen molar-refractivity contribution in [2.45, 2.75) is 58.7 Å². The maximum absolute atomic E-state index is 11.7. The molecule has 0 unspecified atom stereocenters. The van der Waals surface area contributed by atoms with Gasteiger partial charge in [-0.3, -0.25) is 14.4 Å². The van der Waals surface area contributed by atoms with Gasteiger partial charge in [0.15, 0.2) is 11.9 Å². The minimum atomic E-state index is -1.84. The fourth-order valence-electron chi connectivity index (χ4n) is 4.67. The van der Waals surface area contributed by atoms with Crippen molar-refractivity contribution in [2.24, 2.45) is 16.7 Å². The summed E-state index contributed by atoms with van der Waals surface area (Å²) in [7, 11) is 0. The molecular weight excluding hydrogens is 284 g/mol. The number of aldehydes is 2. The molecule has 0 aromatic carbocycles. The fourth-order valence-corrected chi connectivity index (χ4v) is 4.67. The second-order valence-corrected chi connectivity index (χ2v) is 7.44. The first-order valence-corrected chi connectivity index (χ1v) is 7.66. The summed E-state index contributed by atoms with van der Waals surface area (Å²) in [5.74, 6) is -0.677. The van der Waals surface area contributed by atoms with E-state index in [1.165, 1.54) is 13.0 Å². The smallest absolute Gasteiger partial charge is 0.303 e. The summed E-state index contributed by atoms with van der Waals surface area (Å²) in [5, 5.41) is 11.0. The van der Waals surface area contributed by atoms with Crippen molar-refractivity contribution in [1.82, 2.24) is 0 Å². The van der Waals surface area contributed by atoms with Crippen LogP contribution in [0.15, 0.2) is 11.6 Å². The molecule has 4 atom stereocenters. The first kappa shape index (κ1) is 16.9. The zero-order valence-corrected chi connectivity index (χ0v) is 13.6. The average molecular weight is 308 g/mol. The van der Waals surface area contributed by atoms with Gasteiger partial charge >= 0.3 is 5.97 Å². The molecule has 2 aliphatic rings. The van der Waals surface area contributed by atoms with Crippen molar-refractivity contribution >= 4 is 18.5 Å². The fraction of sp³-hybridized carbons (Fsp3) is 0.706. The van der Waals surface area contributed by atoms with Gasteiger partial charge in [-0.1, -0.05) is 27.2 Å². The number of esters is 1. The Morgan fingerprint density at radius 2 is 1.95 bits per heavy atom. The Kier molecular flexibility index (Phi) is 4.07. The van der Waals surface area contributed by atoms with Crippen LogP contribution in [0.25, 0.3) is 0 Å². The normalized spacial score (nSPS) is 40.1. The van der Waals surface area contributed by atoms with Crippen molar-refractivity contribution in [1.29, 1.82) is 0 Å². The van der Waals surface area contributed by atoms with Gasteiger partial charge in [0, 0.05) is 23.8 Å². The lowest BCUT2D eigenvalue weighted by Gasteiger charge is -2.59. The Labute approximate surface area is 130 Å². The number of carbonyl (C=O) groups excluding carboxylic acids is 3. The van der Waals surface area contributed by atoms with Gasteiger partial charge in [0.25, 0.3) is 0 Å². The lowest BCUT2D eigenvalue weighted by atomic mass is 9.46. The van der Waals surface area contributed by atoms with Gasteiger partial charge in [0.05, 0.1) is 0 Å². The molecule has 0 aromatic heterocycles. The number of rotatable bonds is 3. The Morgan fingerprint density at radius 1 is 1.32 bits per heavy atom. The lowest BCUT2D eigenvalue weighted by molar-refractivity contribution is -0.186. The quantitative estimate of drug-likeness (QED) is 0.635. The van der Waals surface area contributed by atoms with Crippen LogP contribution in [0.3, 0.4) is 0 Å². The monoisotopic (exact) mass is 308 g/mol. The average Bonchev–Trinajstić information content (AvgIpc) is 2.40. The van der Waals surface area contributed by atoms with Gasteiger partial charge in [0.1, 0.15) is 12.4 Å². The lowest BCUT2D eigenvalue weighted by Crippen LogP contribution is -2.64. The minimum Gasteiger partial charge on any atom is -0.458 e. The minimum absolute atomic E-state index is 0.00907. The number of carbonyl (C=O) groups is 3. The number of fused-ring (bicyclic) bond motifs is 1. The van der Waals surface area contributed by atoms with E-state index < -0.39 is 23.1 Å². The summed E-state index contributed by atoms with van der Waals surface area (Å²) in [4.78, 5) is 34.6. The molecule has 1 N–H and O–H groups in total. The van der Waals surface area contributed by atoms with Crippen molar-refractivity contribution < 1.29 is 24.2 Å². The second-order valence-electron chi connectivity index (χ2n) is 7.44. The Balaban J connectivity index is 2.67. The summed E-state index contributed by atoms with van der Waals surface area (Å²) >= 11 is 0. The van der Waals surface area contributed by atoms with Crippen molar-refractivity contribution in [2.75, 3.05) is 0 Å². The molecule has 22 heavy (non-hydrogen) atoms. The van der Waals surface area contributed by atoms with E-state index in [9.17, 15) is 19.5 Å². The van der Waals surface area contributed by atoms with Crippen LogP contribution in [0, 0.1) is 16.7 Å². The third-order valence-corrected chi connectivity index (χ3v) is 5.63.